The van der Waals surface area contributed by atoms with E-state index in [1.165, 1.54) is 19.3 Å². The van der Waals surface area contributed by atoms with Crippen LogP contribution in [0.15, 0.2) is 0 Å². The largest absolute Gasteiger partial charge is 0.353 e. The van der Waals surface area contributed by atoms with Crippen LogP contribution in [0.5, 0.6) is 0 Å². The highest BCUT2D eigenvalue weighted by molar-refractivity contribution is 5.79. The van der Waals surface area contributed by atoms with E-state index >= 15 is 0 Å². The summed E-state index contributed by atoms with van der Waals surface area (Å²) in [7, 11) is 0. The van der Waals surface area contributed by atoms with E-state index in [9.17, 15) is 4.79 Å². The third-order valence-corrected chi connectivity index (χ3v) is 3.71. The molecule has 2 fully saturated rings. The van der Waals surface area contributed by atoms with Crippen LogP contribution < -0.4 is 10.6 Å². The second-order valence-electron chi connectivity index (χ2n) is 5.30. The van der Waals surface area contributed by atoms with Crippen molar-refractivity contribution in [2.24, 2.45) is 17.8 Å². The summed E-state index contributed by atoms with van der Waals surface area (Å²) in [5.41, 5.74) is 0. The lowest BCUT2D eigenvalue weighted by Crippen LogP contribution is -2.50. The summed E-state index contributed by atoms with van der Waals surface area (Å²) >= 11 is 0. The fraction of sp³-hybridized carbons (Fsp3) is 0.917. The first-order chi connectivity index (χ1) is 7.16. The highest BCUT2D eigenvalue weighted by Gasteiger charge is 2.30. The van der Waals surface area contributed by atoms with Crippen LogP contribution in [-0.2, 0) is 4.79 Å². The molecule has 3 nitrogen and oxygen atoms in total. The quantitative estimate of drug-likeness (QED) is 0.714. The summed E-state index contributed by atoms with van der Waals surface area (Å²) in [6.45, 7) is 6.18. The van der Waals surface area contributed by atoms with Gasteiger partial charge in [-0.15, -0.1) is 0 Å². The van der Waals surface area contributed by atoms with Gasteiger partial charge in [0.2, 0.25) is 5.91 Å². The Morgan fingerprint density at radius 1 is 1.40 bits per heavy atom. The summed E-state index contributed by atoms with van der Waals surface area (Å²) in [6, 6.07) is 0.362. The Morgan fingerprint density at radius 2 is 2.07 bits per heavy atom. The van der Waals surface area contributed by atoms with Crippen molar-refractivity contribution in [3.05, 3.63) is 0 Å². The van der Waals surface area contributed by atoms with Gasteiger partial charge in [-0.05, 0) is 38.3 Å². The second-order valence-corrected chi connectivity index (χ2v) is 5.30. The van der Waals surface area contributed by atoms with Gasteiger partial charge < -0.3 is 10.6 Å². The normalized spacial score (nSPS) is 25.5. The van der Waals surface area contributed by atoms with Crippen LogP contribution in [0.4, 0.5) is 0 Å². The van der Waals surface area contributed by atoms with Crippen LogP contribution in [0.3, 0.4) is 0 Å². The highest BCUT2D eigenvalue weighted by atomic mass is 16.1. The van der Waals surface area contributed by atoms with Crippen molar-refractivity contribution in [1.29, 1.82) is 0 Å². The first kappa shape index (κ1) is 10.9. The molecule has 1 aliphatic carbocycles. The van der Waals surface area contributed by atoms with E-state index in [0.29, 0.717) is 12.0 Å². The number of rotatable bonds is 5. The average molecular weight is 210 g/mol. The van der Waals surface area contributed by atoms with Gasteiger partial charge in [0.1, 0.15) is 0 Å². The van der Waals surface area contributed by atoms with Crippen LogP contribution in [0.25, 0.3) is 0 Å². The lowest BCUT2D eigenvalue weighted by atomic mass is 9.88. The third kappa shape index (κ3) is 2.94. The van der Waals surface area contributed by atoms with Crippen molar-refractivity contribution in [3.63, 3.8) is 0 Å². The topological polar surface area (TPSA) is 41.1 Å². The SMILES string of the molecule is CC(CC1CC1)NC(=O)C(C)C1CNC1. The van der Waals surface area contributed by atoms with E-state index in [4.69, 9.17) is 0 Å². The van der Waals surface area contributed by atoms with Crippen molar-refractivity contribution in [2.45, 2.75) is 39.2 Å². The van der Waals surface area contributed by atoms with Gasteiger partial charge in [0.15, 0.2) is 0 Å². The molecule has 2 aliphatic rings. The van der Waals surface area contributed by atoms with E-state index in [1.54, 1.807) is 0 Å². The Morgan fingerprint density at radius 3 is 2.53 bits per heavy atom. The van der Waals surface area contributed by atoms with Crippen molar-refractivity contribution >= 4 is 5.91 Å². The Kier molecular flexibility index (Phi) is 3.29. The molecule has 2 atom stereocenters. The minimum atomic E-state index is 0.174. The van der Waals surface area contributed by atoms with Crippen LogP contribution in [0.2, 0.25) is 0 Å². The molecule has 1 saturated heterocycles. The molecule has 0 aromatic rings. The molecule has 2 unspecified atom stereocenters. The van der Waals surface area contributed by atoms with Crippen LogP contribution in [0, 0.1) is 17.8 Å². The second kappa shape index (κ2) is 4.52. The maximum Gasteiger partial charge on any atom is 0.223 e. The molecular formula is C12H22N2O. The first-order valence-corrected chi connectivity index (χ1v) is 6.18. The first-order valence-electron chi connectivity index (χ1n) is 6.18. The van der Waals surface area contributed by atoms with Crippen molar-refractivity contribution < 1.29 is 4.79 Å². The third-order valence-electron chi connectivity index (χ3n) is 3.71. The van der Waals surface area contributed by atoms with Crippen molar-refractivity contribution in [1.82, 2.24) is 10.6 Å². The number of carbonyl (C=O) groups is 1. The van der Waals surface area contributed by atoms with E-state index in [1.807, 2.05) is 6.92 Å². The van der Waals surface area contributed by atoms with Gasteiger partial charge in [-0.3, -0.25) is 4.79 Å². The molecule has 0 spiro atoms. The molecule has 1 aliphatic heterocycles. The molecule has 2 N–H and O–H groups in total. The van der Waals surface area contributed by atoms with E-state index in [-0.39, 0.29) is 11.8 Å². The van der Waals surface area contributed by atoms with Crippen molar-refractivity contribution in [3.8, 4) is 0 Å². The molecule has 86 valence electrons. The maximum absolute atomic E-state index is 11.9. The molecular weight excluding hydrogens is 188 g/mol. The van der Waals surface area contributed by atoms with Gasteiger partial charge in [0.05, 0.1) is 0 Å². The van der Waals surface area contributed by atoms with Crippen LogP contribution >= 0.6 is 0 Å². The van der Waals surface area contributed by atoms with Gasteiger partial charge >= 0.3 is 0 Å². The molecule has 1 saturated carbocycles. The zero-order valence-electron chi connectivity index (χ0n) is 9.75. The van der Waals surface area contributed by atoms with Gasteiger partial charge in [0.25, 0.3) is 0 Å². The molecule has 3 heteroatoms. The molecule has 15 heavy (non-hydrogen) atoms. The molecule has 1 heterocycles. The lowest BCUT2D eigenvalue weighted by Gasteiger charge is -2.32. The zero-order valence-corrected chi connectivity index (χ0v) is 9.75. The Bertz CT molecular complexity index is 234. The Labute approximate surface area is 92.0 Å². The van der Waals surface area contributed by atoms with E-state index in [0.717, 1.165) is 19.0 Å². The maximum atomic E-state index is 11.9. The Hall–Kier alpha value is -0.570. The molecule has 0 aromatic carbocycles. The van der Waals surface area contributed by atoms with E-state index in [2.05, 4.69) is 17.6 Å². The number of nitrogens with one attached hydrogen (secondary N) is 2. The number of hydrogen-bond donors (Lipinski definition) is 2. The molecule has 0 bridgehead atoms. The Balaban J connectivity index is 1.69. The number of carbonyl (C=O) groups excluding carboxylic acids is 1. The number of amides is 1. The monoisotopic (exact) mass is 210 g/mol. The summed E-state index contributed by atoms with van der Waals surface area (Å²) < 4.78 is 0. The predicted molar refractivity (Wildman–Crippen MR) is 60.5 cm³/mol. The average Bonchev–Trinajstić information content (AvgIpc) is 2.84. The van der Waals surface area contributed by atoms with E-state index < -0.39 is 0 Å². The molecule has 0 radical (unpaired) electrons. The molecule has 2 rings (SSSR count). The molecule has 1 amide bonds. The summed E-state index contributed by atoms with van der Waals surface area (Å²) in [5, 5.41) is 6.35. The van der Waals surface area contributed by atoms with Crippen molar-refractivity contribution in [2.75, 3.05) is 13.1 Å². The van der Waals surface area contributed by atoms with Crippen LogP contribution in [0.1, 0.15) is 33.1 Å². The fourth-order valence-corrected chi connectivity index (χ4v) is 2.17. The van der Waals surface area contributed by atoms with Crippen LogP contribution in [-0.4, -0.2) is 25.0 Å². The zero-order chi connectivity index (χ0) is 10.8. The van der Waals surface area contributed by atoms with Gasteiger partial charge in [-0.1, -0.05) is 19.8 Å². The summed E-state index contributed by atoms with van der Waals surface area (Å²) in [4.78, 5) is 11.9. The predicted octanol–water partition coefficient (Wildman–Crippen LogP) is 1.15. The highest BCUT2D eigenvalue weighted by Crippen LogP contribution is 2.33. The standard InChI is InChI=1S/C12H22N2O/c1-8(5-10-3-4-10)14-12(15)9(2)11-6-13-7-11/h8-11,13H,3-7H2,1-2H3,(H,14,15). The smallest absolute Gasteiger partial charge is 0.223 e. The molecule has 0 aromatic heterocycles. The summed E-state index contributed by atoms with van der Waals surface area (Å²) in [5.74, 6) is 1.86. The van der Waals surface area contributed by atoms with Gasteiger partial charge in [-0.25, -0.2) is 0 Å². The van der Waals surface area contributed by atoms with Gasteiger partial charge in [-0.2, -0.15) is 0 Å². The van der Waals surface area contributed by atoms with Gasteiger partial charge in [0, 0.05) is 12.0 Å². The minimum absolute atomic E-state index is 0.174. The minimum Gasteiger partial charge on any atom is -0.353 e. The summed E-state index contributed by atoms with van der Waals surface area (Å²) in [6.07, 6.45) is 3.89. The fourth-order valence-electron chi connectivity index (χ4n) is 2.17. The number of hydrogen-bond acceptors (Lipinski definition) is 2. The lowest BCUT2D eigenvalue weighted by molar-refractivity contribution is -0.127.